The smallest absolute Gasteiger partial charge is 0.00445 e. The Morgan fingerprint density at radius 2 is 1.75 bits per heavy atom. The summed E-state index contributed by atoms with van der Waals surface area (Å²) in [6, 6.07) is 0. The molecule has 0 unspecified atom stereocenters. The summed E-state index contributed by atoms with van der Waals surface area (Å²) in [5.74, 6) is 5.89. The first-order valence-electron chi connectivity index (χ1n) is 12.3. The van der Waals surface area contributed by atoms with Gasteiger partial charge in [0, 0.05) is 0 Å². The van der Waals surface area contributed by atoms with Crippen LogP contribution < -0.4 is 0 Å². The number of rotatable bonds is 4. The lowest BCUT2D eigenvalue weighted by molar-refractivity contribution is -0.0410. The SMILES string of the molecule is CC(C)[C@H](C)C=C[C@@H](C)[C@H]1CC[C@H]2[C@@H]3CC=C4C=CCC[C@]4(C)[C@H]3CC[C@]12C. The molecule has 4 aliphatic rings. The van der Waals surface area contributed by atoms with E-state index in [-0.39, 0.29) is 0 Å². The van der Waals surface area contributed by atoms with Crippen LogP contribution in [-0.2, 0) is 0 Å². The van der Waals surface area contributed by atoms with E-state index < -0.39 is 0 Å². The maximum absolute atomic E-state index is 2.68. The standard InChI is InChI=1S/C28H44/c1-19(2)20(3)10-11-21(4)24-14-15-25-23-13-12-22-9-7-8-17-27(22,5)26(23)16-18-28(24,25)6/h7,9-12,19-21,23-26H,8,13-18H2,1-6H3/t20-,21-,23+,24-,25+,26+,27+,28-/m1/s1. The normalized spacial score (nSPS) is 44.8. The quantitative estimate of drug-likeness (QED) is 0.431. The summed E-state index contributed by atoms with van der Waals surface area (Å²) in [4.78, 5) is 0. The highest BCUT2D eigenvalue weighted by Gasteiger charge is 2.58. The summed E-state index contributed by atoms with van der Waals surface area (Å²) in [6.07, 6.45) is 22.5. The van der Waals surface area contributed by atoms with Gasteiger partial charge in [-0.1, -0.05) is 71.9 Å². The van der Waals surface area contributed by atoms with Gasteiger partial charge in [0.1, 0.15) is 0 Å². The highest BCUT2D eigenvalue weighted by Crippen LogP contribution is 2.66. The van der Waals surface area contributed by atoms with E-state index in [9.17, 15) is 0 Å². The van der Waals surface area contributed by atoms with Crippen molar-refractivity contribution in [2.24, 2.45) is 52.3 Å². The number of hydrogen-bond acceptors (Lipinski definition) is 0. The molecule has 0 aliphatic heterocycles. The largest absolute Gasteiger partial charge is 0.0852 e. The van der Waals surface area contributed by atoms with Crippen molar-refractivity contribution in [3.05, 3.63) is 36.0 Å². The van der Waals surface area contributed by atoms with E-state index in [0.29, 0.717) is 16.7 Å². The second-order valence-electron chi connectivity index (χ2n) is 11.7. The Bertz CT molecular complexity index is 664. The van der Waals surface area contributed by atoms with Crippen LogP contribution in [0.2, 0.25) is 0 Å². The zero-order chi connectivity index (χ0) is 20.1. The van der Waals surface area contributed by atoms with E-state index in [1.54, 1.807) is 5.57 Å². The third kappa shape index (κ3) is 3.18. The van der Waals surface area contributed by atoms with Crippen molar-refractivity contribution in [1.29, 1.82) is 0 Å². The Hall–Kier alpha value is -0.780. The van der Waals surface area contributed by atoms with Crippen LogP contribution >= 0.6 is 0 Å². The minimum absolute atomic E-state index is 0.468. The molecule has 0 bridgehead atoms. The van der Waals surface area contributed by atoms with Gasteiger partial charge in [0.15, 0.2) is 0 Å². The van der Waals surface area contributed by atoms with Gasteiger partial charge in [-0.2, -0.15) is 0 Å². The molecule has 0 aromatic heterocycles. The second-order valence-corrected chi connectivity index (χ2v) is 11.7. The molecule has 0 amide bonds. The van der Waals surface area contributed by atoms with Gasteiger partial charge in [-0.3, -0.25) is 0 Å². The molecule has 0 spiro atoms. The Morgan fingerprint density at radius 3 is 2.50 bits per heavy atom. The van der Waals surface area contributed by atoms with Crippen LogP contribution in [0.15, 0.2) is 36.0 Å². The second kappa shape index (κ2) is 7.48. The van der Waals surface area contributed by atoms with Crippen molar-refractivity contribution in [2.45, 2.75) is 86.5 Å². The Kier molecular flexibility index (Phi) is 5.47. The van der Waals surface area contributed by atoms with Crippen LogP contribution in [0.5, 0.6) is 0 Å². The van der Waals surface area contributed by atoms with E-state index in [4.69, 9.17) is 0 Å². The minimum atomic E-state index is 0.468. The summed E-state index contributed by atoms with van der Waals surface area (Å²) in [6.45, 7) is 14.9. The van der Waals surface area contributed by atoms with Gasteiger partial charge in [-0.15, -0.1) is 0 Å². The number of hydrogen-bond donors (Lipinski definition) is 0. The molecular formula is C28H44. The van der Waals surface area contributed by atoms with Crippen LogP contribution in [0.4, 0.5) is 0 Å². The fourth-order valence-electron chi connectivity index (χ4n) is 7.91. The first kappa shape index (κ1) is 20.5. The summed E-state index contributed by atoms with van der Waals surface area (Å²) in [7, 11) is 0. The van der Waals surface area contributed by atoms with Gasteiger partial charge in [0.05, 0.1) is 0 Å². The molecule has 0 aromatic rings. The monoisotopic (exact) mass is 380 g/mol. The van der Waals surface area contributed by atoms with Crippen molar-refractivity contribution in [2.75, 3.05) is 0 Å². The van der Waals surface area contributed by atoms with Gasteiger partial charge in [0.2, 0.25) is 0 Å². The molecule has 2 saturated carbocycles. The first-order valence-corrected chi connectivity index (χ1v) is 12.3. The Balaban J connectivity index is 1.54. The summed E-state index contributed by atoms with van der Waals surface area (Å²) in [5, 5.41) is 0. The van der Waals surface area contributed by atoms with Gasteiger partial charge in [-0.05, 0) is 103 Å². The van der Waals surface area contributed by atoms with Crippen molar-refractivity contribution in [3.63, 3.8) is 0 Å². The van der Waals surface area contributed by atoms with E-state index in [0.717, 1.165) is 35.5 Å². The topological polar surface area (TPSA) is 0 Å². The summed E-state index contributed by atoms with van der Waals surface area (Å²) < 4.78 is 0. The molecule has 0 nitrogen and oxygen atoms in total. The molecule has 8 atom stereocenters. The molecule has 28 heavy (non-hydrogen) atoms. The lowest BCUT2D eigenvalue weighted by Crippen LogP contribution is -2.49. The molecule has 0 heterocycles. The third-order valence-electron chi connectivity index (χ3n) is 10.1. The first-order chi connectivity index (χ1) is 13.3. The van der Waals surface area contributed by atoms with Gasteiger partial charge < -0.3 is 0 Å². The molecule has 0 heteroatoms. The van der Waals surface area contributed by atoms with E-state index >= 15 is 0 Å². The molecule has 2 fully saturated rings. The fraction of sp³-hybridized carbons (Fsp3) is 0.786. The zero-order valence-corrected chi connectivity index (χ0v) is 19.4. The van der Waals surface area contributed by atoms with Crippen LogP contribution in [0.25, 0.3) is 0 Å². The summed E-state index contributed by atoms with van der Waals surface area (Å²) >= 11 is 0. The average molecular weight is 381 g/mol. The predicted molar refractivity (Wildman–Crippen MR) is 122 cm³/mol. The van der Waals surface area contributed by atoms with Crippen LogP contribution in [0.1, 0.15) is 86.5 Å². The van der Waals surface area contributed by atoms with Crippen LogP contribution in [0.3, 0.4) is 0 Å². The molecule has 0 radical (unpaired) electrons. The van der Waals surface area contributed by atoms with Crippen molar-refractivity contribution in [1.82, 2.24) is 0 Å². The van der Waals surface area contributed by atoms with E-state index in [1.807, 2.05) is 0 Å². The molecule has 0 saturated heterocycles. The Labute approximate surface area is 175 Å². The van der Waals surface area contributed by atoms with Crippen molar-refractivity contribution in [3.8, 4) is 0 Å². The average Bonchev–Trinajstić information content (AvgIpc) is 3.02. The predicted octanol–water partition coefficient (Wildman–Crippen LogP) is 8.22. The molecule has 4 aliphatic carbocycles. The maximum Gasteiger partial charge on any atom is -0.00445 e. The van der Waals surface area contributed by atoms with Crippen LogP contribution in [-0.4, -0.2) is 0 Å². The zero-order valence-electron chi connectivity index (χ0n) is 19.4. The lowest BCUT2D eigenvalue weighted by Gasteiger charge is -2.57. The van der Waals surface area contributed by atoms with E-state index in [2.05, 4.69) is 71.9 Å². The highest BCUT2D eigenvalue weighted by atomic mass is 14.6. The van der Waals surface area contributed by atoms with Gasteiger partial charge >= 0.3 is 0 Å². The Morgan fingerprint density at radius 1 is 0.964 bits per heavy atom. The molecule has 0 N–H and O–H groups in total. The third-order valence-corrected chi connectivity index (χ3v) is 10.1. The highest BCUT2D eigenvalue weighted by molar-refractivity contribution is 5.34. The number of allylic oxidation sites excluding steroid dienone is 6. The van der Waals surface area contributed by atoms with Gasteiger partial charge in [-0.25, -0.2) is 0 Å². The molecular weight excluding hydrogens is 336 g/mol. The van der Waals surface area contributed by atoms with E-state index in [1.165, 1.54) is 44.9 Å². The number of fused-ring (bicyclic) bond motifs is 5. The van der Waals surface area contributed by atoms with Crippen molar-refractivity contribution >= 4 is 0 Å². The summed E-state index contributed by atoms with van der Waals surface area (Å²) in [5.41, 5.74) is 2.71. The van der Waals surface area contributed by atoms with Crippen molar-refractivity contribution < 1.29 is 0 Å². The van der Waals surface area contributed by atoms with Gasteiger partial charge in [0.25, 0.3) is 0 Å². The molecule has 156 valence electrons. The lowest BCUT2D eigenvalue weighted by atomic mass is 9.47. The fourth-order valence-corrected chi connectivity index (χ4v) is 7.91. The minimum Gasteiger partial charge on any atom is -0.0852 e. The molecule has 4 rings (SSSR count). The molecule has 0 aromatic carbocycles. The maximum atomic E-state index is 2.68. The van der Waals surface area contributed by atoms with Crippen LogP contribution in [0, 0.1) is 52.3 Å².